The van der Waals surface area contributed by atoms with Gasteiger partial charge in [0.25, 0.3) is 0 Å². The fourth-order valence-corrected chi connectivity index (χ4v) is 3.24. The SMILES string of the molecule is CCNC(Cc1ccccc1C)Cc1c(Br)c(C)nn1C. The molecular weight excluding hydrogens is 326 g/mol. The van der Waals surface area contributed by atoms with Crippen LogP contribution in [0.1, 0.15) is 29.4 Å². The van der Waals surface area contributed by atoms with Crippen molar-refractivity contribution in [2.45, 2.75) is 39.7 Å². The van der Waals surface area contributed by atoms with Crippen molar-refractivity contribution in [2.75, 3.05) is 6.54 Å². The van der Waals surface area contributed by atoms with Crippen molar-refractivity contribution in [3.8, 4) is 0 Å². The quantitative estimate of drug-likeness (QED) is 0.863. The topological polar surface area (TPSA) is 29.9 Å². The molecule has 1 aromatic heterocycles. The zero-order valence-corrected chi connectivity index (χ0v) is 14.9. The van der Waals surface area contributed by atoms with Gasteiger partial charge in [0.15, 0.2) is 0 Å². The van der Waals surface area contributed by atoms with Crippen LogP contribution in [0.5, 0.6) is 0 Å². The van der Waals surface area contributed by atoms with Crippen molar-refractivity contribution in [1.29, 1.82) is 0 Å². The zero-order valence-electron chi connectivity index (χ0n) is 13.3. The Bertz CT molecular complexity index is 604. The van der Waals surface area contributed by atoms with Gasteiger partial charge in [-0.3, -0.25) is 4.68 Å². The van der Waals surface area contributed by atoms with Crippen LogP contribution in [0.2, 0.25) is 0 Å². The molecule has 0 aliphatic heterocycles. The van der Waals surface area contributed by atoms with E-state index in [0.717, 1.165) is 29.6 Å². The Labute approximate surface area is 135 Å². The monoisotopic (exact) mass is 349 g/mol. The summed E-state index contributed by atoms with van der Waals surface area (Å²) >= 11 is 3.67. The van der Waals surface area contributed by atoms with Gasteiger partial charge in [-0.25, -0.2) is 0 Å². The van der Waals surface area contributed by atoms with Gasteiger partial charge in [0.05, 0.1) is 15.9 Å². The van der Waals surface area contributed by atoms with Gasteiger partial charge < -0.3 is 5.32 Å². The summed E-state index contributed by atoms with van der Waals surface area (Å²) in [5.74, 6) is 0. The van der Waals surface area contributed by atoms with Crippen LogP contribution in [0.25, 0.3) is 0 Å². The van der Waals surface area contributed by atoms with Crippen molar-refractivity contribution < 1.29 is 0 Å². The second-order valence-corrected chi connectivity index (χ2v) is 6.35. The van der Waals surface area contributed by atoms with E-state index in [4.69, 9.17) is 0 Å². The minimum absolute atomic E-state index is 0.419. The first-order chi connectivity index (χ1) is 10.0. The number of aryl methyl sites for hydroxylation is 3. The predicted molar refractivity (Wildman–Crippen MR) is 91.7 cm³/mol. The molecule has 0 aliphatic rings. The molecule has 0 fully saturated rings. The Hall–Kier alpha value is -1.13. The number of nitrogens with one attached hydrogen (secondary N) is 1. The highest BCUT2D eigenvalue weighted by Gasteiger charge is 2.17. The summed E-state index contributed by atoms with van der Waals surface area (Å²) < 4.78 is 3.12. The molecule has 0 aliphatic carbocycles. The fraction of sp³-hybridized carbons (Fsp3) is 0.471. The number of hydrogen-bond donors (Lipinski definition) is 1. The molecule has 0 radical (unpaired) electrons. The minimum atomic E-state index is 0.419. The van der Waals surface area contributed by atoms with E-state index in [2.05, 4.69) is 64.5 Å². The average Bonchev–Trinajstić information content (AvgIpc) is 2.68. The molecule has 4 heteroatoms. The Kier molecular flexibility index (Phi) is 5.59. The highest BCUT2D eigenvalue weighted by Crippen LogP contribution is 2.22. The summed E-state index contributed by atoms with van der Waals surface area (Å²) in [6.07, 6.45) is 2.01. The average molecular weight is 350 g/mol. The van der Waals surface area contributed by atoms with Crippen LogP contribution in [0.3, 0.4) is 0 Å². The number of halogens is 1. The maximum absolute atomic E-state index is 4.49. The first kappa shape index (κ1) is 16.2. The lowest BCUT2D eigenvalue weighted by molar-refractivity contribution is 0.503. The molecule has 0 spiro atoms. The van der Waals surface area contributed by atoms with Crippen molar-refractivity contribution in [1.82, 2.24) is 15.1 Å². The standard InChI is InChI=1S/C17H24BrN3/c1-5-19-15(10-14-9-7-6-8-12(14)2)11-16-17(18)13(3)20-21(16)4/h6-9,15,19H,5,10-11H2,1-4H3. The van der Waals surface area contributed by atoms with Crippen LogP contribution < -0.4 is 5.32 Å². The molecule has 2 rings (SSSR count). The molecule has 0 bridgehead atoms. The van der Waals surface area contributed by atoms with E-state index in [1.54, 1.807) is 0 Å². The third kappa shape index (κ3) is 3.95. The Morgan fingerprint density at radius 1 is 1.24 bits per heavy atom. The lowest BCUT2D eigenvalue weighted by Crippen LogP contribution is -2.34. The molecule has 2 aromatic rings. The van der Waals surface area contributed by atoms with E-state index in [1.165, 1.54) is 16.8 Å². The van der Waals surface area contributed by atoms with Gasteiger partial charge in [0.1, 0.15) is 0 Å². The second kappa shape index (κ2) is 7.23. The van der Waals surface area contributed by atoms with Crippen LogP contribution in [-0.2, 0) is 19.9 Å². The molecule has 0 saturated heterocycles. The summed E-state index contributed by atoms with van der Waals surface area (Å²) in [7, 11) is 2.02. The van der Waals surface area contributed by atoms with Gasteiger partial charge in [-0.05, 0) is 53.9 Å². The smallest absolute Gasteiger partial charge is 0.0738 e. The van der Waals surface area contributed by atoms with Crippen molar-refractivity contribution in [3.05, 3.63) is 51.3 Å². The second-order valence-electron chi connectivity index (χ2n) is 5.56. The molecule has 114 valence electrons. The molecule has 1 aromatic carbocycles. The number of aromatic nitrogens is 2. The van der Waals surface area contributed by atoms with E-state index in [9.17, 15) is 0 Å². The molecule has 1 N–H and O–H groups in total. The van der Waals surface area contributed by atoms with Crippen LogP contribution in [0.4, 0.5) is 0 Å². The molecular formula is C17H24BrN3. The Balaban J connectivity index is 2.18. The largest absolute Gasteiger partial charge is 0.314 e. The summed E-state index contributed by atoms with van der Waals surface area (Å²) in [5, 5.41) is 8.10. The van der Waals surface area contributed by atoms with E-state index < -0.39 is 0 Å². The summed E-state index contributed by atoms with van der Waals surface area (Å²) in [5.41, 5.74) is 5.09. The molecule has 1 unspecified atom stereocenters. The highest BCUT2D eigenvalue weighted by atomic mass is 79.9. The molecule has 1 atom stereocenters. The Morgan fingerprint density at radius 3 is 2.52 bits per heavy atom. The fourth-order valence-electron chi connectivity index (χ4n) is 2.74. The lowest BCUT2D eigenvalue weighted by Gasteiger charge is -2.19. The molecule has 0 saturated carbocycles. The summed E-state index contributed by atoms with van der Waals surface area (Å²) in [4.78, 5) is 0. The van der Waals surface area contributed by atoms with E-state index in [-0.39, 0.29) is 0 Å². The Morgan fingerprint density at radius 2 is 1.95 bits per heavy atom. The predicted octanol–water partition coefficient (Wildman–Crippen LogP) is 3.56. The van der Waals surface area contributed by atoms with Crippen LogP contribution in [0, 0.1) is 13.8 Å². The number of rotatable bonds is 6. The van der Waals surface area contributed by atoms with Gasteiger partial charge >= 0.3 is 0 Å². The molecule has 1 heterocycles. The zero-order chi connectivity index (χ0) is 15.4. The number of likely N-dealkylation sites (N-methyl/N-ethyl adjacent to an activating group) is 1. The van der Waals surface area contributed by atoms with Crippen molar-refractivity contribution >= 4 is 15.9 Å². The van der Waals surface area contributed by atoms with E-state index in [1.807, 2.05) is 18.7 Å². The third-order valence-corrected chi connectivity index (χ3v) is 4.95. The molecule has 3 nitrogen and oxygen atoms in total. The minimum Gasteiger partial charge on any atom is -0.314 e. The van der Waals surface area contributed by atoms with Gasteiger partial charge in [-0.1, -0.05) is 31.2 Å². The van der Waals surface area contributed by atoms with Crippen molar-refractivity contribution in [3.63, 3.8) is 0 Å². The maximum Gasteiger partial charge on any atom is 0.0738 e. The first-order valence-corrected chi connectivity index (χ1v) is 8.28. The van der Waals surface area contributed by atoms with E-state index >= 15 is 0 Å². The summed E-state index contributed by atoms with van der Waals surface area (Å²) in [6, 6.07) is 9.05. The number of hydrogen-bond acceptors (Lipinski definition) is 2. The maximum atomic E-state index is 4.49. The van der Waals surface area contributed by atoms with E-state index in [0.29, 0.717) is 6.04 Å². The van der Waals surface area contributed by atoms with Crippen molar-refractivity contribution in [2.24, 2.45) is 7.05 Å². The summed E-state index contributed by atoms with van der Waals surface area (Å²) in [6.45, 7) is 7.36. The number of benzene rings is 1. The first-order valence-electron chi connectivity index (χ1n) is 7.48. The third-order valence-electron chi connectivity index (χ3n) is 3.92. The highest BCUT2D eigenvalue weighted by molar-refractivity contribution is 9.10. The lowest BCUT2D eigenvalue weighted by atomic mass is 9.98. The molecule has 0 amide bonds. The van der Waals surface area contributed by atoms with Gasteiger partial charge in [0.2, 0.25) is 0 Å². The molecule has 21 heavy (non-hydrogen) atoms. The van der Waals surface area contributed by atoms with Gasteiger partial charge in [0, 0.05) is 19.5 Å². The number of nitrogens with zero attached hydrogens (tertiary/aromatic N) is 2. The van der Waals surface area contributed by atoms with Crippen LogP contribution in [0.15, 0.2) is 28.7 Å². The van der Waals surface area contributed by atoms with Gasteiger partial charge in [-0.15, -0.1) is 0 Å². The van der Waals surface area contributed by atoms with Crippen LogP contribution >= 0.6 is 15.9 Å². The normalized spacial score (nSPS) is 12.6. The van der Waals surface area contributed by atoms with Gasteiger partial charge in [-0.2, -0.15) is 5.10 Å². The van der Waals surface area contributed by atoms with Crippen LogP contribution in [-0.4, -0.2) is 22.4 Å².